The van der Waals surface area contributed by atoms with Crippen molar-refractivity contribution in [1.29, 1.82) is 0 Å². The first-order valence-corrected chi connectivity index (χ1v) is 9.06. The number of carbonyl (C=O) groups is 1. The van der Waals surface area contributed by atoms with Crippen LogP contribution in [0.1, 0.15) is 51.6 Å². The molecule has 0 radical (unpaired) electrons. The molecule has 3 rings (SSSR count). The third-order valence-electron chi connectivity index (χ3n) is 4.47. The summed E-state index contributed by atoms with van der Waals surface area (Å²) < 4.78 is 7.00. The maximum atomic E-state index is 12.9. The van der Waals surface area contributed by atoms with Crippen LogP contribution in [0.25, 0.3) is 11.0 Å². The zero-order valence-corrected chi connectivity index (χ0v) is 16.2. The summed E-state index contributed by atoms with van der Waals surface area (Å²) in [5.41, 5.74) is 0.207. The van der Waals surface area contributed by atoms with E-state index in [1.54, 1.807) is 18.0 Å². The lowest BCUT2D eigenvalue weighted by Crippen LogP contribution is -2.43. The zero-order valence-electron chi connectivity index (χ0n) is 15.5. The van der Waals surface area contributed by atoms with Gasteiger partial charge < -0.3 is 9.64 Å². The Balaban J connectivity index is 2.08. The second-order valence-electron chi connectivity index (χ2n) is 7.55. The van der Waals surface area contributed by atoms with E-state index in [9.17, 15) is 9.59 Å². The number of carbonyl (C=O) groups excluding carboxylic acids is 1. The van der Waals surface area contributed by atoms with Crippen molar-refractivity contribution in [3.05, 3.63) is 33.5 Å². The van der Waals surface area contributed by atoms with Crippen molar-refractivity contribution < 1.29 is 9.53 Å². The number of piperidine rings is 1. The van der Waals surface area contributed by atoms with Crippen LogP contribution in [0.2, 0.25) is 5.15 Å². The number of halogens is 1. The van der Waals surface area contributed by atoms with Gasteiger partial charge in [-0.05, 0) is 46.1 Å². The van der Waals surface area contributed by atoms with E-state index in [1.165, 1.54) is 10.9 Å². The third-order valence-corrected chi connectivity index (χ3v) is 4.77. The summed E-state index contributed by atoms with van der Waals surface area (Å²) in [4.78, 5) is 35.4. The van der Waals surface area contributed by atoms with Gasteiger partial charge in [0, 0.05) is 19.2 Å². The highest BCUT2D eigenvalue weighted by atomic mass is 35.5. The molecule has 1 saturated heterocycles. The highest BCUT2D eigenvalue weighted by molar-refractivity contribution is 6.33. The van der Waals surface area contributed by atoms with E-state index in [0.717, 1.165) is 12.8 Å². The van der Waals surface area contributed by atoms with Gasteiger partial charge in [-0.2, -0.15) is 0 Å². The molecular formula is C18H23ClN4O3. The lowest BCUT2D eigenvalue weighted by Gasteiger charge is -2.36. The fraction of sp³-hybridized carbons (Fsp3) is 0.556. The van der Waals surface area contributed by atoms with Crippen molar-refractivity contribution in [2.45, 2.75) is 51.7 Å². The molecule has 8 heteroatoms. The quantitative estimate of drug-likeness (QED) is 0.710. The SMILES string of the molecule is Cn1c(=O)c(C2CCCCN2C(=O)OC(C)(C)C)cc2c(Cl)ncnc21. The molecule has 0 spiro atoms. The van der Waals surface area contributed by atoms with Gasteiger partial charge in [0.25, 0.3) is 5.56 Å². The molecule has 3 heterocycles. The van der Waals surface area contributed by atoms with Crippen LogP contribution in [-0.2, 0) is 11.8 Å². The van der Waals surface area contributed by atoms with Gasteiger partial charge >= 0.3 is 6.09 Å². The molecule has 26 heavy (non-hydrogen) atoms. The Morgan fingerprint density at radius 1 is 1.31 bits per heavy atom. The minimum Gasteiger partial charge on any atom is -0.444 e. The van der Waals surface area contributed by atoms with Crippen LogP contribution in [0.15, 0.2) is 17.2 Å². The van der Waals surface area contributed by atoms with Gasteiger partial charge in [0.2, 0.25) is 0 Å². The number of nitrogens with zero attached hydrogens (tertiary/aromatic N) is 4. The van der Waals surface area contributed by atoms with Crippen LogP contribution in [0, 0.1) is 0 Å². The third kappa shape index (κ3) is 3.53. The fourth-order valence-corrected chi connectivity index (χ4v) is 3.48. The Morgan fingerprint density at radius 2 is 2.04 bits per heavy atom. The van der Waals surface area contributed by atoms with Crippen molar-refractivity contribution in [3.8, 4) is 0 Å². The van der Waals surface area contributed by atoms with E-state index in [2.05, 4.69) is 9.97 Å². The number of fused-ring (bicyclic) bond motifs is 1. The summed E-state index contributed by atoms with van der Waals surface area (Å²) in [6, 6.07) is 1.37. The number of amides is 1. The first-order valence-electron chi connectivity index (χ1n) is 8.69. The number of aromatic nitrogens is 3. The maximum Gasteiger partial charge on any atom is 0.410 e. The van der Waals surface area contributed by atoms with Crippen LogP contribution in [0.5, 0.6) is 0 Å². The minimum absolute atomic E-state index is 0.187. The summed E-state index contributed by atoms with van der Waals surface area (Å²) >= 11 is 6.21. The predicted molar refractivity (Wildman–Crippen MR) is 99.3 cm³/mol. The van der Waals surface area contributed by atoms with E-state index < -0.39 is 11.7 Å². The Labute approximate surface area is 156 Å². The lowest BCUT2D eigenvalue weighted by atomic mass is 9.96. The Morgan fingerprint density at radius 3 is 2.73 bits per heavy atom. The van der Waals surface area contributed by atoms with Gasteiger partial charge in [0.15, 0.2) is 0 Å². The molecule has 1 aliphatic heterocycles. The average molecular weight is 379 g/mol. The van der Waals surface area contributed by atoms with Gasteiger partial charge in [0.1, 0.15) is 22.7 Å². The Bertz CT molecular complexity index is 904. The largest absolute Gasteiger partial charge is 0.444 e. The number of hydrogen-bond donors (Lipinski definition) is 0. The molecule has 1 atom stereocenters. The van der Waals surface area contributed by atoms with Crippen molar-refractivity contribution in [2.24, 2.45) is 7.05 Å². The van der Waals surface area contributed by atoms with Gasteiger partial charge in [-0.1, -0.05) is 11.6 Å². The molecule has 2 aromatic heterocycles. The smallest absolute Gasteiger partial charge is 0.410 e. The molecule has 2 aromatic rings. The van der Waals surface area contributed by atoms with E-state index >= 15 is 0 Å². The summed E-state index contributed by atoms with van der Waals surface area (Å²) in [6.45, 7) is 6.04. The van der Waals surface area contributed by atoms with E-state index in [1.807, 2.05) is 20.8 Å². The average Bonchev–Trinajstić information content (AvgIpc) is 2.57. The molecule has 0 aliphatic carbocycles. The molecule has 0 aromatic carbocycles. The summed E-state index contributed by atoms with van der Waals surface area (Å²) in [7, 11) is 1.65. The van der Waals surface area contributed by atoms with Crippen LogP contribution >= 0.6 is 11.6 Å². The number of aryl methyl sites for hydroxylation is 1. The van der Waals surface area contributed by atoms with Gasteiger partial charge in [0.05, 0.1) is 11.4 Å². The molecular weight excluding hydrogens is 356 g/mol. The molecule has 0 N–H and O–H groups in total. The monoisotopic (exact) mass is 378 g/mol. The molecule has 0 saturated carbocycles. The molecule has 1 fully saturated rings. The Kier molecular flexibility index (Phi) is 4.92. The normalized spacial score (nSPS) is 18.2. The molecule has 1 amide bonds. The second kappa shape index (κ2) is 6.87. The number of rotatable bonds is 1. The minimum atomic E-state index is -0.593. The van der Waals surface area contributed by atoms with Crippen LogP contribution in [-0.4, -0.2) is 37.7 Å². The number of pyridine rings is 1. The number of hydrogen-bond acceptors (Lipinski definition) is 5. The Hall–Kier alpha value is -2.15. The molecule has 1 aliphatic rings. The number of likely N-dealkylation sites (tertiary alicyclic amines) is 1. The second-order valence-corrected chi connectivity index (χ2v) is 7.91. The van der Waals surface area contributed by atoms with Crippen molar-refractivity contribution >= 4 is 28.7 Å². The van der Waals surface area contributed by atoms with Crippen LogP contribution in [0.3, 0.4) is 0 Å². The van der Waals surface area contributed by atoms with Crippen LogP contribution in [0.4, 0.5) is 4.79 Å². The highest BCUT2D eigenvalue weighted by Crippen LogP contribution is 2.32. The summed E-state index contributed by atoms with van der Waals surface area (Å²) in [6.07, 6.45) is 3.44. The fourth-order valence-electron chi connectivity index (χ4n) is 3.30. The summed E-state index contributed by atoms with van der Waals surface area (Å²) in [5.74, 6) is 0. The topological polar surface area (TPSA) is 77.3 Å². The molecule has 0 bridgehead atoms. The summed E-state index contributed by atoms with van der Waals surface area (Å²) in [5, 5.41) is 0.882. The molecule has 1 unspecified atom stereocenters. The van der Waals surface area contributed by atoms with E-state index in [-0.39, 0.29) is 16.8 Å². The predicted octanol–water partition coefficient (Wildman–Crippen LogP) is 3.44. The van der Waals surface area contributed by atoms with Crippen molar-refractivity contribution in [3.63, 3.8) is 0 Å². The van der Waals surface area contributed by atoms with Gasteiger partial charge in [-0.15, -0.1) is 0 Å². The van der Waals surface area contributed by atoms with E-state index in [0.29, 0.717) is 29.6 Å². The molecule has 140 valence electrons. The van der Waals surface area contributed by atoms with Crippen LogP contribution < -0.4 is 5.56 Å². The van der Waals surface area contributed by atoms with E-state index in [4.69, 9.17) is 16.3 Å². The number of ether oxygens (including phenoxy) is 1. The van der Waals surface area contributed by atoms with Crippen molar-refractivity contribution in [2.75, 3.05) is 6.54 Å². The maximum absolute atomic E-state index is 12.9. The highest BCUT2D eigenvalue weighted by Gasteiger charge is 2.33. The van der Waals surface area contributed by atoms with Gasteiger partial charge in [-0.25, -0.2) is 14.8 Å². The lowest BCUT2D eigenvalue weighted by molar-refractivity contribution is 0.00934. The first-order chi connectivity index (χ1) is 12.2. The van der Waals surface area contributed by atoms with Crippen molar-refractivity contribution in [1.82, 2.24) is 19.4 Å². The zero-order chi connectivity index (χ0) is 19.1. The first kappa shape index (κ1) is 18.6. The van der Waals surface area contributed by atoms with Gasteiger partial charge in [-0.3, -0.25) is 9.36 Å². The molecule has 7 nitrogen and oxygen atoms in total. The standard InChI is InChI=1S/C18H23ClN4O3/c1-18(2,3)26-17(25)23-8-6-5-7-13(23)11-9-12-14(19)20-10-21-15(12)22(4)16(11)24/h9-10,13H,5-8H2,1-4H3.